The molecule has 4 aliphatic rings. The first-order valence-electron chi connectivity index (χ1n) is 13.8. The molecule has 30 heavy (non-hydrogen) atoms. The van der Waals surface area contributed by atoms with Gasteiger partial charge in [0.2, 0.25) is 0 Å². The molecule has 4 aliphatic carbocycles. The molecule has 1 nitrogen and oxygen atoms in total. The topological polar surface area (TPSA) is 17.1 Å². The van der Waals surface area contributed by atoms with E-state index in [1.54, 1.807) is 0 Å². The lowest BCUT2D eigenvalue weighted by Crippen LogP contribution is -2.71. The van der Waals surface area contributed by atoms with Gasteiger partial charge >= 0.3 is 0 Å². The second-order valence-corrected chi connectivity index (χ2v) is 11.7. The Labute approximate surface area is 185 Å². The highest BCUT2D eigenvalue weighted by Gasteiger charge is 2.73. The minimum Gasteiger partial charge on any atom is -0.298 e. The molecule has 0 amide bonds. The van der Waals surface area contributed by atoms with Crippen LogP contribution in [-0.4, -0.2) is 12.0 Å². The highest BCUT2D eigenvalue weighted by Crippen LogP contribution is 2.68. The summed E-state index contributed by atoms with van der Waals surface area (Å²) in [5.74, 6) is 3.23. The van der Waals surface area contributed by atoms with Gasteiger partial charge < -0.3 is 0 Å². The summed E-state index contributed by atoms with van der Waals surface area (Å²) < 4.78 is 15.9. The number of alkyl halides is 1. The number of carbonyl (C=O) groups is 1. The van der Waals surface area contributed by atoms with Crippen LogP contribution in [0, 0.1) is 34.5 Å². The highest BCUT2D eigenvalue weighted by molar-refractivity contribution is 5.99. The summed E-state index contributed by atoms with van der Waals surface area (Å²) >= 11 is 0. The molecule has 2 heteroatoms. The highest BCUT2D eigenvalue weighted by atomic mass is 19.1. The normalized spacial score (nSPS) is 41.2. The standard InChI is InChI=1S/C28H47FO/c1-3-5-6-8-11-21-12-14-22(15-13-21)23-16-19-28(24(4-2)20-23)25(29)27(26(28)30)17-9-7-10-18-27/h21-25H,3-20H2,1-2H3/t21?,22?,23?,24-,25-,28+/m1/s1. The first-order valence-corrected chi connectivity index (χ1v) is 13.8. The zero-order chi connectivity index (χ0) is 21.2. The van der Waals surface area contributed by atoms with Gasteiger partial charge in [-0.1, -0.05) is 84.5 Å². The molecule has 4 saturated carbocycles. The van der Waals surface area contributed by atoms with Crippen molar-refractivity contribution >= 4 is 5.78 Å². The number of hydrogen-bond acceptors (Lipinski definition) is 1. The van der Waals surface area contributed by atoms with Crippen LogP contribution in [0.2, 0.25) is 0 Å². The fourth-order valence-corrected chi connectivity index (χ4v) is 8.49. The number of ketones is 1. The lowest BCUT2D eigenvalue weighted by Gasteiger charge is -2.64. The first-order chi connectivity index (χ1) is 14.6. The van der Waals surface area contributed by atoms with Crippen LogP contribution in [-0.2, 0) is 4.79 Å². The minimum atomic E-state index is -0.845. The van der Waals surface area contributed by atoms with Crippen molar-refractivity contribution in [2.45, 2.75) is 136 Å². The molecule has 0 aromatic heterocycles. The molecule has 4 rings (SSSR count). The molecule has 0 heterocycles. The van der Waals surface area contributed by atoms with Crippen LogP contribution in [0.1, 0.15) is 129 Å². The van der Waals surface area contributed by atoms with Crippen LogP contribution in [0.4, 0.5) is 4.39 Å². The molecular weight excluding hydrogens is 371 g/mol. The molecule has 172 valence electrons. The van der Waals surface area contributed by atoms with Gasteiger partial charge in [-0.05, 0) is 68.6 Å². The van der Waals surface area contributed by atoms with Crippen LogP contribution in [0.5, 0.6) is 0 Å². The number of hydrogen-bond donors (Lipinski definition) is 0. The van der Waals surface area contributed by atoms with Gasteiger partial charge in [0.15, 0.2) is 5.78 Å². The van der Waals surface area contributed by atoms with Crippen LogP contribution in [0.3, 0.4) is 0 Å². The molecule has 0 bridgehead atoms. The second kappa shape index (κ2) is 9.62. The molecule has 2 spiro atoms. The number of halogens is 1. The van der Waals surface area contributed by atoms with Gasteiger partial charge in [-0.3, -0.25) is 4.79 Å². The van der Waals surface area contributed by atoms with E-state index in [9.17, 15) is 4.79 Å². The fourth-order valence-electron chi connectivity index (χ4n) is 8.49. The van der Waals surface area contributed by atoms with Gasteiger partial charge in [-0.15, -0.1) is 0 Å². The molecule has 0 radical (unpaired) electrons. The average Bonchev–Trinajstić information content (AvgIpc) is 2.81. The molecule has 0 aromatic rings. The van der Waals surface area contributed by atoms with Gasteiger partial charge in [0.25, 0.3) is 0 Å². The molecule has 1 unspecified atom stereocenters. The van der Waals surface area contributed by atoms with E-state index in [1.165, 1.54) is 64.2 Å². The molecule has 4 fully saturated rings. The SMILES string of the molecule is CCCCCCC1CCC(C2CC[C@]3(C(=O)C4(CCCCC4)[C@H]3F)[C@H](CC)C2)CC1. The van der Waals surface area contributed by atoms with E-state index in [0.29, 0.717) is 11.7 Å². The summed E-state index contributed by atoms with van der Waals surface area (Å²) in [5.41, 5.74) is -1.15. The summed E-state index contributed by atoms with van der Waals surface area (Å²) in [6.45, 7) is 4.51. The van der Waals surface area contributed by atoms with Crippen molar-refractivity contribution in [3.63, 3.8) is 0 Å². The van der Waals surface area contributed by atoms with Crippen LogP contribution < -0.4 is 0 Å². The average molecular weight is 419 g/mol. The summed E-state index contributed by atoms with van der Waals surface area (Å²) in [5, 5.41) is 0. The second-order valence-electron chi connectivity index (χ2n) is 11.7. The Balaban J connectivity index is 1.31. The van der Waals surface area contributed by atoms with Gasteiger partial charge in [0.05, 0.1) is 10.8 Å². The largest absolute Gasteiger partial charge is 0.298 e. The first kappa shape index (κ1) is 22.8. The summed E-state index contributed by atoms with van der Waals surface area (Å²) in [6, 6.07) is 0. The monoisotopic (exact) mass is 418 g/mol. The van der Waals surface area contributed by atoms with Gasteiger partial charge in [0, 0.05) is 0 Å². The van der Waals surface area contributed by atoms with E-state index < -0.39 is 17.0 Å². The third-order valence-corrected chi connectivity index (χ3v) is 10.3. The minimum absolute atomic E-state index is 0.304. The van der Waals surface area contributed by atoms with Crippen molar-refractivity contribution in [3.05, 3.63) is 0 Å². The Morgan fingerprint density at radius 3 is 2.23 bits per heavy atom. The van der Waals surface area contributed by atoms with Crippen LogP contribution in [0.25, 0.3) is 0 Å². The van der Waals surface area contributed by atoms with Crippen molar-refractivity contribution in [1.29, 1.82) is 0 Å². The number of carbonyl (C=O) groups excluding carboxylic acids is 1. The summed E-state index contributed by atoms with van der Waals surface area (Å²) in [7, 11) is 0. The Hall–Kier alpha value is -0.400. The van der Waals surface area contributed by atoms with Gasteiger partial charge in [-0.25, -0.2) is 4.39 Å². The Morgan fingerprint density at radius 2 is 1.60 bits per heavy atom. The number of unbranched alkanes of at least 4 members (excludes halogenated alkanes) is 3. The lowest BCUT2D eigenvalue weighted by molar-refractivity contribution is -0.204. The third kappa shape index (κ3) is 3.81. The smallest absolute Gasteiger partial charge is 0.151 e. The molecule has 0 N–H and O–H groups in total. The van der Waals surface area contributed by atoms with E-state index in [4.69, 9.17) is 0 Å². The quantitative estimate of drug-likeness (QED) is 0.379. The van der Waals surface area contributed by atoms with Crippen molar-refractivity contribution in [1.82, 2.24) is 0 Å². The fraction of sp³-hybridized carbons (Fsp3) is 0.964. The predicted octanol–water partition coefficient (Wildman–Crippen LogP) is 8.45. The van der Waals surface area contributed by atoms with Gasteiger partial charge in [0.1, 0.15) is 6.17 Å². The maximum Gasteiger partial charge on any atom is 0.151 e. The van der Waals surface area contributed by atoms with E-state index in [-0.39, 0.29) is 0 Å². The number of Topliss-reactive ketones (excluding diaryl/α,β-unsaturated/α-hetero) is 1. The Bertz CT molecular complexity index is 571. The lowest BCUT2D eigenvalue weighted by atomic mass is 9.39. The van der Waals surface area contributed by atoms with Crippen LogP contribution >= 0.6 is 0 Å². The van der Waals surface area contributed by atoms with Crippen LogP contribution in [0.15, 0.2) is 0 Å². The van der Waals surface area contributed by atoms with E-state index in [1.807, 2.05) is 0 Å². The van der Waals surface area contributed by atoms with E-state index >= 15 is 4.39 Å². The van der Waals surface area contributed by atoms with Crippen molar-refractivity contribution in [2.75, 3.05) is 0 Å². The molecule has 0 aromatic carbocycles. The summed E-state index contributed by atoms with van der Waals surface area (Å²) in [6.07, 6.45) is 20.9. The molecular formula is C28H47FO. The Morgan fingerprint density at radius 1 is 0.867 bits per heavy atom. The predicted molar refractivity (Wildman–Crippen MR) is 123 cm³/mol. The van der Waals surface area contributed by atoms with Crippen molar-refractivity contribution in [2.24, 2.45) is 34.5 Å². The maximum absolute atomic E-state index is 15.9. The van der Waals surface area contributed by atoms with Crippen molar-refractivity contribution in [3.8, 4) is 0 Å². The molecule has 4 atom stereocenters. The van der Waals surface area contributed by atoms with Gasteiger partial charge in [-0.2, -0.15) is 0 Å². The van der Waals surface area contributed by atoms with E-state index in [2.05, 4.69) is 13.8 Å². The maximum atomic E-state index is 15.9. The molecule has 0 aliphatic heterocycles. The number of rotatable bonds is 7. The Kier molecular flexibility index (Phi) is 7.30. The zero-order valence-electron chi connectivity index (χ0n) is 19.9. The van der Waals surface area contributed by atoms with Crippen molar-refractivity contribution < 1.29 is 9.18 Å². The zero-order valence-corrected chi connectivity index (χ0v) is 19.9. The third-order valence-electron chi connectivity index (χ3n) is 10.3. The van der Waals surface area contributed by atoms with E-state index in [0.717, 1.165) is 69.1 Å². The summed E-state index contributed by atoms with van der Waals surface area (Å²) in [4.78, 5) is 13.5. The molecule has 0 saturated heterocycles.